The molecule has 1 aromatic heterocycles. The molecule has 23 heavy (non-hydrogen) atoms. The van der Waals surface area contributed by atoms with Crippen LogP contribution in [-0.4, -0.2) is 53.0 Å². The molecule has 0 amide bonds. The summed E-state index contributed by atoms with van der Waals surface area (Å²) >= 11 is 0. The Kier molecular flexibility index (Phi) is 5.96. The third-order valence-electron chi connectivity index (χ3n) is 4.38. The highest BCUT2D eigenvalue weighted by atomic mass is 32.2. The van der Waals surface area contributed by atoms with Crippen molar-refractivity contribution in [3.63, 3.8) is 0 Å². The van der Waals surface area contributed by atoms with Gasteiger partial charge < -0.3 is 14.2 Å². The average molecular weight is 344 g/mol. The minimum Gasteiger partial charge on any atom is -0.494 e. The van der Waals surface area contributed by atoms with Gasteiger partial charge in [-0.2, -0.15) is 0 Å². The molecule has 1 aliphatic heterocycles. The number of rotatable bonds is 7. The summed E-state index contributed by atoms with van der Waals surface area (Å²) < 4.78 is 43.7. The molecule has 0 radical (unpaired) electrons. The Bertz CT molecular complexity index is 616. The topological polar surface area (TPSA) is 86.8 Å². The molecule has 1 fully saturated rings. The minimum atomic E-state index is -3.78. The SMILES string of the molecule is COc1cccnc1S(=O)(=O)NCC(C)(OC)C1CCOCC1. The minimum absolute atomic E-state index is 0.118. The van der Waals surface area contributed by atoms with Crippen LogP contribution in [0.2, 0.25) is 0 Å². The van der Waals surface area contributed by atoms with Gasteiger partial charge >= 0.3 is 0 Å². The van der Waals surface area contributed by atoms with Gasteiger partial charge in [-0.1, -0.05) is 0 Å². The van der Waals surface area contributed by atoms with Crippen molar-refractivity contribution in [1.29, 1.82) is 0 Å². The quantitative estimate of drug-likeness (QED) is 0.800. The molecule has 0 bridgehead atoms. The van der Waals surface area contributed by atoms with Crippen LogP contribution in [0.3, 0.4) is 0 Å². The van der Waals surface area contributed by atoms with E-state index in [1.807, 2.05) is 6.92 Å². The van der Waals surface area contributed by atoms with Gasteiger partial charge in [0.05, 0.1) is 12.7 Å². The third kappa shape index (κ3) is 4.20. The fraction of sp³-hybridized carbons (Fsp3) is 0.667. The van der Waals surface area contributed by atoms with Crippen molar-refractivity contribution in [2.24, 2.45) is 5.92 Å². The van der Waals surface area contributed by atoms with Gasteiger partial charge in [0.15, 0.2) is 5.75 Å². The molecule has 1 aliphatic rings. The highest BCUT2D eigenvalue weighted by molar-refractivity contribution is 7.89. The highest BCUT2D eigenvalue weighted by Crippen LogP contribution is 2.30. The molecule has 2 rings (SSSR count). The van der Waals surface area contributed by atoms with Crippen LogP contribution in [0.25, 0.3) is 0 Å². The molecule has 1 N–H and O–H groups in total. The number of sulfonamides is 1. The summed E-state index contributed by atoms with van der Waals surface area (Å²) in [6.45, 7) is 3.42. The summed E-state index contributed by atoms with van der Waals surface area (Å²) in [5.41, 5.74) is -0.598. The van der Waals surface area contributed by atoms with Crippen LogP contribution in [-0.2, 0) is 19.5 Å². The average Bonchev–Trinajstić information content (AvgIpc) is 2.60. The van der Waals surface area contributed by atoms with Crippen molar-refractivity contribution in [2.45, 2.75) is 30.4 Å². The molecule has 1 aromatic rings. The largest absolute Gasteiger partial charge is 0.494 e. The number of methoxy groups -OCH3 is 2. The molecular weight excluding hydrogens is 320 g/mol. The van der Waals surface area contributed by atoms with E-state index in [1.165, 1.54) is 13.3 Å². The molecule has 1 saturated heterocycles. The van der Waals surface area contributed by atoms with Crippen molar-refractivity contribution >= 4 is 10.0 Å². The first kappa shape index (κ1) is 18.1. The van der Waals surface area contributed by atoms with Crippen LogP contribution < -0.4 is 9.46 Å². The molecule has 0 saturated carbocycles. The maximum absolute atomic E-state index is 12.5. The van der Waals surface area contributed by atoms with Crippen LogP contribution >= 0.6 is 0 Å². The zero-order chi connectivity index (χ0) is 16.9. The van der Waals surface area contributed by atoms with E-state index in [2.05, 4.69) is 9.71 Å². The van der Waals surface area contributed by atoms with E-state index >= 15 is 0 Å². The molecule has 8 heteroatoms. The van der Waals surface area contributed by atoms with Crippen LogP contribution in [0.4, 0.5) is 0 Å². The molecule has 1 atom stereocenters. The third-order valence-corrected chi connectivity index (χ3v) is 5.72. The van der Waals surface area contributed by atoms with Crippen molar-refractivity contribution in [3.05, 3.63) is 18.3 Å². The maximum atomic E-state index is 12.5. The molecule has 0 aromatic carbocycles. The zero-order valence-corrected chi connectivity index (χ0v) is 14.6. The lowest BCUT2D eigenvalue weighted by Crippen LogP contribution is -2.49. The summed E-state index contributed by atoms with van der Waals surface area (Å²) in [6, 6.07) is 3.19. The normalized spacial score (nSPS) is 19.3. The second-order valence-electron chi connectivity index (χ2n) is 5.74. The van der Waals surface area contributed by atoms with E-state index in [9.17, 15) is 8.42 Å². The Morgan fingerprint density at radius 2 is 2.09 bits per heavy atom. The van der Waals surface area contributed by atoms with E-state index in [-0.39, 0.29) is 23.2 Å². The number of ether oxygens (including phenoxy) is 3. The van der Waals surface area contributed by atoms with Gasteiger partial charge in [-0.05, 0) is 37.8 Å². The first-order valence-electron chi connectivity index (χ1n) is 7.54. The fourth-order valence-corrected chi connectivity index (χ4v) is 3.96. The standard InChI is InChI=1S/C15H24N2O5S/c1-15(21-3,12-6-9-22-10-7-12)11-17-23(18,19)14-13(20-2)5-4-8-16-14/h4-5,8,12,17H,6-7,9-11H2,1-3H3. The Hall–Kier alpha value is -1.22. The number of hydrogen-bond acceptors (Lipinski definition) is 6. The van der Waals surface area contributed by atoms with Gasteiger partial charge in [0.1, 0.15) is 0 Å². The van der Waals surface area contributed by atoms with E-state index < -0.39 is 15.6 Å². The predicted octanol–water partition coefficient (Wildman–Crippen LogP) is 1.20. The molecule has 2 heterocycles. The van der Waals surface area contributed by atoms with Crippen LogP contribution in [0.1, 0.15) is 19.8 Å². The van der Waals surface area contributed by atoms with Crippen molar-refractivity contribution in [2.75, 3.05) is 34.0 Å². The molecule has 0 aliphatic carbocycles. The van der Waals surface area contributed by atoms with E-state index in [1.54, 1.807) is 19.2 Å². The van der Waals surface area contributed by atoms with Crippen LogP contribution in [0.15, 0.2) is 23.4 Å². The lowest BCUT2D eigenvalue weighted by atomic mass is 9.83. The molecule has 0 spiro atoms. The van der Waals surface area contributed by atoms with Crippen molar-refractivity contribution in [3.8, 4) is 5.75 Å². The number of pyridine rings is 1. The Morgan fingerprint density at radius 1 is 1.39 bits per heavy atom. The Labute approximate surface area is 137 Å². The van der Waals surface area contributed by atoms with Crippen molar-refractivity contribution in [1.82, 2.24) is 9.71 Å². The molecule has 130 valence electrons. The van der Waals surface area contributed by atoms with E-state index in [0.29, 0.717) is 13.2 Å². The smallest absolute Gasteiger partial charge is 0.261 e. The second kappa shape index (κ2) is 7.57. The number of nitrogens with one attached hydrogen (secondary N) is 1. The van der Waals surface area contributed by atoms with Crippen molar-refractivity contribution < 1.29 is 22.6 Å². The van der Waals surface area contributed by atoms with Gasteiger partial charge in [0, 0.05) is 33.1 Å². The summed E-state index contributed by atoms with van der Waals surface area (Å²) in [7, 11) is -0.766. The predicted molar refractivity (Wildman–Crippen MR) is 84.9 cm³/mol. The first-order valence-corrected chi connectivity index (χ1v) is 9.03. The first-order chi connectivity index (χ1) is 10.9. The summed E-state index contributed by atoms with van der Waals surface area (Å²) in [6.07, 6.45) is 3.11. The van der Waals surface area contributed by atoms with Gasteiger partial charge in [-0.25, -0.2) is 18.1 Å². The van der Waals surface area contributed by atoms with E-state index in [4.69, 9.17) is 14.2 Å². The van der Waals surface area contributed by atoms with Crippen LogP contribution in [0.5, 0.6) is 5.75 Å². The Morgan fingerprint density at radius 3 is 2.70 bits per heavy atom. The summed E-state index contributed by atoms with van der Waals surface area (Å²) in [5, 5.41) is -0.118. The van der Waals surface area contributed by atoms with E-state index in [0.717, 1.165) is 12.8 Å². The van der Waals surface area contributed by atoms with Gasteiger partial charge in [-0.15, -0.1) is 0 Å². The molecule has 1 unspecified atom stereocenters. The number of hydrogen-bond donors (Lipinski definition) is 1. The Balaban J connectivity index is 2.13. The second-order valence-corrected chi connectivity index (χ2v) is 7.42. The maximum Gasteiger partial charge on any atom is 0.261 e. The summed E-state index contributed by atoms with van der Waals surface area (Å²) in [4.78, 5) is 3.92. The highest BCUT2D eigenvalue weighted by Gasteiger charge is 2.37. The zero-order valence-electron chi connectivity index (χ0n) is 13.7. The summed E-state index contributed by atoms with van der Waals surface area (Å²) in [5.74, 6) is 0.444. The number of aromatic nitrogens is 1. The van der Waals surface area contributed by atoms with Gasteiger partial charge in [-0.3, -0.25) is 0 Å². The van der Waals surface area contributed by atoms with Crippen LogP contribution in [0, 0.1) is 5.92 Å². The van der Waals surface area contributed by atoms with Gasteiger partial charge in [0.2, 0.25) is 5.03 Å². The lowest BCUT2D eigenvalue weighted by Gasteiger charge is -2.38. The van der Waals surface area contributed by atoms with Gasteiger partial charge in [0.25, 0.3) is 10.0 Å². The molecule has 7 nitrogen and oxygen atoms in total. The fourth-order valence-electron chi connectivity index (χ4n) is 2.73. The molecular formula is C15H24N2O5S. The monoisotopic (exact) mass is 344 g/mol. The number of nitrogens with zero attached hydrogens (tertiary/aromatic N) is 1. The lowest BCUT2D eigenvalue weighted by molar-refractivity contribution is -0.0760.